The fourth-order valence-electron chi connectivity index (χ4n) is 4.04. The van der Waals surface area contributed by atoms with Gasteiger partial charge < -0.3 is 9.30 Å². The summed E-state index contributed by atoms with van der Waals surface area (Å²) in [6, 6.07) is 20.8. The van der Waals surface area contributed by atoms with Gasteiger partial charge >= 0.3 is 0 Å². The van der Waals surface area contributed by atoms with Gasteiger partial charge in [0, 0.05) is 40.6 Å². The second-order valence-electron chi connectivity index (χ2n) is 7.72. The number of hydrogen-bond donors (Lipinski definition) is 0. The summed E-state index contributed by atoms with van der Waals surface area (Å²) in [6.07, 6.45) is 3.44. The summed E-state index contributed by atoms with van der Waals surface area (Å²) in [7, 11) is 1.62. The number of aromatic nitrogens is 4. The van der Waals surface area contributed by atoms with Crippen LogP contribution in [-0.4, -0.2) is 32.2 Å². The molecule has 0 saturated carbocycles. The molecule has 0 N–H and O–H groups in total. The topological polar surface area (TPSA) is 61.9 Å². The molecule has 3 aromatic heterocycles. The van der Waals surface area contributed by atoms with E-state index < -0.39 is 0 Å². The molecule has 0 aliphatic carbocycles. The number of methoxy groups -OCH3 is 1. The molecular weight excluding hydrogens is 436 g/mol. The van der Waals surface area contributed by atoms with E-state index >= 15 is 0 Å². The zero-order valence-electron chi connectivity index (χ0n) is 18.2. The van der Waals surface area contributed by atoms with E-state index in [1.165, 1.54) is 0 Å². The van der Waals surface area contributed by atoms with Crippen LogP contribution in [0.1, 0.15) is 27.3 Å². The van der Waals surface area contributed by atoms with Gasteiger partial charge in [0.1, 0.15) is 11.4 Å². The van der Waals surface area contributed by atoms with Crippen molar-refractivity contribution < 1.29 is 9.53 Å². The second kappa shape index (κ2) is 8.56. The molecule has 5 aromatic rings. The van der Waals surface area contributed by atoms with Crippen LogP contribution in [0.5, 0.6) is 5.75 Å². The monoisotopic (exact) mass is 456 g/mol. The van der Waals surface area contributed by atoms with Gasteiger partial charge in [-0.1, -0.05) is 29.8 Å². The van der Waals surface area contributed by atoms with Crippen molar-refractivity contribution in [3.05, 3.63) is 107 Å². The first-order valence-electron chi connectivity index (χ1n) is 10.5. The lowest BCUT2D eigenvalue weighted by molar-refractivity contribution is 0.103. The number of hydrogen-bond acceptors (Lipinski definition) is 4. The molecule has 0 atom stereocenters. The maximum atomic E-state index is 13.7. The predicted octanol–water partition coefficient (Wildman–Crippen LogP) is 5.47. The van der Waals surface area contributed by atoms with Gasteiger partial charge in [0.25, 0.3) is 0 Å². The van der Waals surface area contributed by atoms with E-state index in [9.17, 15) is 4.79 Å². The molecule has 0 saturated heterocycles. The highest BCUT2D eigenvalue weighted by atomic mass is 35.5. The third-order valence-electron chi connectivity index (χ3n) is 5.72. The Kier molecular flexibility index (Phi) is 5.44. The minimum Gasteiger partial charge on any atom is -0.497 e. The van der Waals surface area contributed by atoms with E-state index in [0.717, 1.165) is 22.2 Å². The van der Waals surface area contributed by atoms with Crippen LogP contribution in [0, 0.1) is 6.92 Å². The molecule has 0 spiro atoms. The Bertz CT molecular complexity index is 1450. The number of pyridine rings is 1. The molecule has 33 heavy (non-hydrogen) atoms. The van der Waals surface area contributed by atoms with Gasteiger partial charge in [-0.25, -0.2) is 9.67 Å². The van der Waals surface area contributed by atoms with Crippen LogP contribution < -0.4 is 4.74 Å². The zero-order valence-corrected chi connectivity index (χ0v) is 19.0. The Morgan fingerprint density at radius 2 is 1.88 bits per heavy atom. The van der Waals surface area contributed by atoms with Crippen molar-refractivity contribution in [2.45, 2.75) is 13.5 Å². The summed E-state index contributed by atoms with van der Waals surface area (Å²) in [5, 5.41) is 6.02. The van der Waals surface area contributed by atoms with Crippen LogP contribution in [0.3, 0.4) is 0 Å². The van der Waals surface area contributed by atoms with Crippen LogP contribution in [0.15, 0.2) is 79.1 Å². The molecule has 0 bridgehead atoms. The first kappa shape index (κ1) is 21.0. The molecule has 3 heterocycles. The van der Waals surface area contributed by atoms with E-state index in [0.29, 0.717) is 34.4 Å². The molecule has 0 fully saturated rings. The summed E-state index contributed by atoms with van der Waals surface area (Å²) in [6.45, 7) is 2.58. The zero-order chi connectivity index (χ0) is 22.9. The first-order chi connectivity index (χ1) is 16.0. The molecule has 7 heteroatoms. The minimum absolute atomic E-state index is 0.143. The van der Waals surface area contributed by atoms with Crippen molar-refractivity contribution in [2.24, 2.45) is 0 Å². The van der Waals surface area contributed by atoms with Gasteiger partial charge in [-0.05, 0) is 61.0 Å². The van der Waals surface area contributed by atoms with Crippen molar-refractivity contribution in [2.75, 3.05) is 7.11 Å². The number of ether oxygens (including phenoxy) is 1. The highest BCUT2D eigenvalue weighted by Crippen LogP contribution is 2.32. The Hall–Kier alpha value is -3.90. The summed E-state index contributed by atoms with van der Waals surface area (Å²) in [4.78, 5) is 18.0. The van der Waals surface area contributed by atoms with Gasteiger partial charge in [-0.2, -0.15) is 5.10 Å². The average Bonchev–Trinajstić information content (AvgIpc) is 3.44. The molecule has 0 amide bonds. The molecule has 0 aliphatic heterocycles. The molecular formula is C26H21ClN4O2. The van der Waals surface area contributed by atoms with E-state index in [-0.39, 0.29) is 5.78 Å². The lowest BCUT2D eigenvalue weighted by Crippen LogP contribution is -2.08. The Labute approximate surface area is 196 Å². The van der Waals surface area contributed by atoms with Crippen LogP contribution >= 0.6 is 11.6 Å². The number of rotatable bonds is 6. The molecule has 164 valence electrons. The molecule has 0 aliphatic rings. The van der Waals surface area contributed by atoms with Crippen LogP contribution in [0.2, 0.25) is 5.02 Å². The van der Waals surface area contributed by atoms with Gasteiger partial charge in [-0.15, -0.1) is 0 Å². The van der Waals surface area contributed by atoms with Crippen LogP contribution in [0.4, 0.5) is 0 Å². The number of ketones is 1. The molecule has 0 radical (unpaired) electrons. The van der Waals surface area contributed by atoms with E-state index in [1.54, 1.807) is 30.3 Å². The highest BCUT2D eigenvalue weighted by molar-refractivity contribution is 6.30. The van der Waals surface area contributed by atoms with Crippen molar-refractivity contribution in [1.29, 1.82) is 0 Å². The van der Waals surface area contributed by atoms with Gasteiger partial charge in [-0.3, -0.25) is 4.79 Å². The normalized spacial score (nSPS) is 11.1. The largest absolute Gasteiger partial charge is 0.497 e. The average molecular weight is 457 g/mol. The lowest BCUT2D eigenvalue weighted by Gasteiger charge is -2.09. The molecule has 2 aromatic carbocycles. The fraction of sp³-hybridized carbons (Fsp3) is 0.115. The highest BCUT2D eigenvalue weighted by Gasteiger charge is 2.23. The van der Waals surface area contributed by atoms with Crippen molar-refractivity contribution in [3.8, 4) is 11.6 Å². The maximum Gasteiger partial charge on any atom is 0.215 e. The van der Waals surface area contributed by atoms with Gasteiger partial charge in [0.2, 0.25) is 5.78 Å². The Morgan fingerprint density at radius 3 is 2.61 bits per heavy atom. The fourth-order valence-corrected chi connectivity index (χ4v) is 4.17. The Morgan fingerprint density at radius 1 is 1.06 bits per heavy atom. The maximum absolute atomic E-state index is 13.7. The number of halogens is 1. The third kappa shape index (κ3) is 3.90. The number of benzene rings is 2. The molecule has 6 nitrogen and oxygen atoms in total. The SMILES string of the molecule is COc1ccc2c(c1)c(C(=O)c1ccn(-c3ccccn3)n1)c(C)n2Cc1ccc(Cl)cc1. The molecule has 5 rings (SSSR count). The van der Waals surface area contributed by atoms with Crippen molar-refractivity contribution >= 4 is 28.3 Å². The van der Waals surface area contributed by atoms with E-state index in [1.807, 2.05) is 67.6 Å². The number of carbonyl (C=O) groups is 1. The number of fused-ring (bicyclic) bond motifs is 1. The third-order valence-corrected chi connectivity index (χ3v) is 5.97. The summed E-state index contributed by atoms with van der Waals surface area (Å²) >= 11 is 6.06. The quantitative estimate of drug-likeness (QED) is 0.318. The first-order valence-corrected chi connectivity index (χ1v) is 10.9. The minimum atomic E-state index is -0.143. The summed E-state index contributed by atoms with van der Waals surface area (Å²) in [5.41, 5.74) is 3.89. The van der Waals surface area contributed by atoms with E-state index in [4.69, 9.17) is 16.3 Å². The van der Waals surface area contributed by atoms with Crippen LogP contribution in [0.25, 0.3) is 16.7 Å². The predicted molar refractivity (Wildman–Crippen MR) is 129 cm³/mol. The standard InChI is InChI=1S/C26H21ClN4O2/c1-17-25(26(32)22-12-14-31(29-22)24-5-3-4-13-28-24)21-15-20(33-2)10-11-23(21)30(17)16-18-6-8-19(27)9-7-18/h3-15H,16H2,1-2H3. The van der Waals surface area contributed by atoms with Gasteiger partial charge in [0.05, 0.1) is 12.7 Å². The summed E-state index contributed by atoms with van der Waals surface area (Å²) in [5.74, 6) is 1.20. The van der Waals surface area contributed by atoms with E-state index in [2.05, 4.69) is 14.6 Å². The van der Waals surface area contributed by atoms with Crippen molar-refractivity contribution in [1.82, 2.24) is 19.3 Å². The van der Waals surface area contributed by atoms with Crippen LogP contribution in [-0.2, 0) is 6.54 Å². The molecule has 0 unspecified atom stereocenters. The second-order valence-corrected chi connectivity index (χ2v) is 8.16. The summed E-state index contributed by atoms with van der Waals surface area (Å²) < 4.78 is 9.19. The van der Waals surface area contributed by atoms with Gasteiger partial charge in [0.15, 0.2) is 5.82 Å². The Balaban J connectivity index is 1.61. The lowest BCUT2D eigenvalue weighted by atomic mass is 10.0. The van der Waals surface area contributed by atoms with Crippen molar-refractivity contribution in [3.63, 3.8) is 0 Å². The number of nitrogens with zero attached hydrogens (tertiary/aromatic N) is 4. The number of carbonyl (C=O) groups excluding carboxylic acids is 1. The smallest absolute Gasteiger partial charge is 0.215 e.